The zero-order valence-corrected chi connectivity index (χ0v) is 13.5. The van der Waals surface area contributed by atoms with E-state index in [2.05, 4.69) is 39.3 Å². The van der Waals surface area contributed by atoms with Crippen LogP contribution in [0.4, 0.5) is 16.2 Å². The summed E-state index contributed by atoms with van der Waals surface area (Å²) in [6.45, 7) is 2.76. The van der Waals surface area contributed by atoms with Crippen LogP contribution in [0.1, 0.15) is 11.3 Å². The smallest absolute Gasteiger partial charge is 0.224 e. The molecule has 0 spiro atoms. The van der Waals surface area contributed by atoms with Crippen molar-refractivity contribution in [2.45, 2.75) is 13.3 Å². The van der Waals surface area contributed by atoms with Crippen molar-refractivity contribution in [3.05, 3.63) is 47.5 Å². The van der Waals surface area contributed by atoms with Crippen LogP contribution < -0.4 is 10.2 Å². The van der Waals surface area contributed by atoms with Crippen LogP contribution in [0.2, 0.25) is 0 Å². The van der Waals surface area contributed by atoms with Gasteiger partial charge in [0, 0.05) is 37.2 Å². The zero-order chi connectivity index (χ0) is 16.4. The third-order valence-corrected chi connectivity index (χ3v) is 3.83. The van der Waals surface area contributed by atoms with Gasteiger partial charge >= 0.3 is 0 Å². The number of aryl methyl sites for hydroxylation is 1. The van der Waals surface area contributed by atoms with Gasteiger partial charge in [0.15, 0.2) is 11.6 Å². The van der Waals surface area contributed by atoms with Crippen molar-refractivity contribution in [1.82, 2.24) is 15.0 Å². The maximum absolute atomic E-state index is 13.6. The molecule has 0 aliphatic heterocycles. The molecule has 0 unspecified atom stereocenters. The molecular formula is C17H20FN5. The molecule has 3 rings (SSSR count). The van der Waals surface area contributed by atoms with E-state index >= 15 is 0 Å². The molecule has 6 heteroatoms. The Labute approximate surface area is 134 Å². The number of aromatic nitrogens is 3. The number of anilines is 2. The van der Waals surface area contributed by atoms with Crippen molar-refractivity contribution < 1.29 is 4.39 Å². The molecule has 0 atom stereocenters. The highest BCUT2D eigenvalue weighted by molar-refractivity contribution is 5.84. The number of aromatic amines is 1. The molecule has 1 aromatic carbocycles. The van der Waals surface area contributed by atoms with Crippen molar-refractivity contribution in [2.24, 2.45) is 0 Å². The van der Waals surface area contributed by atoms with Crippen molar-refractivity contribution >= 4 is 22.7 Å². The highest BCUT2D eigenvalue weighted by atomic mass is 19.1. The summed E-state index contributed by atoms with van der Waals surface area (Å²) in [4.78, 5) is 13.2. The molecule has 2 N–H and O–H groups in total. The third-order valence-electron chi connectivity index (χ3n) is 3.83. The van der Waals surface area contributed by atoms with Gasteiger partial charge in [-0.3, -0.25) is 0 Å². The number of benzene rings is 1. The number of rotatable bonds is 5. The van der Waals surface area contributed by atoms with Gasteiger partial charge in [0.05, 0.1) is 6.20 Å². The van der Waals surface area contributed by atoms with Crippen molar-refractivity contribution in [1.29, 1.82) is 0 Å². The minimum Gasteiger partial charge on any atom is -0.360 e. The second-order valence-electron chi connectivity index (χ2n) is 5.71. The Morgan fingerprint density at radius 1 is 1.26 bits per heavy atom. The highest BCUT2D eigenvalue weighted by Gasteiger charge is 2.10. The quantitative estimate of drug-likeness (QED) is 0.760. The molecule has 0 amide bonds. The summed E-state index contributed by atoms with van der Waals surface area (Å²) in [5, 5.41) is 4.40. The van der Waals surface area contributed by atoms with Gasteiger partial charge in [-0.1, -0.05) is 18.2 Å². The van der Waals surface area contributed by atoms with Crippen LogP contribution in [0, 0.1) is 12.7 Å². The molecule has 0 bridgehead atoms. The molecular weight excluding hydrogens is 293 g/mol. The summed E-state index contributed by atoms with van der Waals surface area (Å²) in [6.07, 6.45) is 2.04. The Morgan fingerprint density at radius 3 is 2.83 bits per heavy atom. The van der Waals surface area contributed by atoms with Crippen molar-refractivity contribution in [3.63, 3.8) is 0 Å². The lowest BCUT2D eigenvalue weighted by molar-refractivity contribution is 0.612. The van der Waals surface area contributed by atoms with Gasteiger partial charge in [0.1, 0.15) is 0 Å². The normalized spacial score (nSPS) is 11.0. The van der Waals surface area contributed by atoms with Crippen LogP contribution in [0.25, 0.3) is 10.9 Å². The molecule has 120 valence electrons. The Morgan fingerprint density at radius 2 is 2.04 bits per heavy atom. The number of H-pyrrole nitrogens is 1. The van der Waals surface area contributed by atoms with E-state index in [1.54, 1.807) is 19.0 Å². The number of hydrogen-bond donors (Lipinski definition) is 2. The molecule has 0 radical (unpaired) electrons. The van der Waals surface area contributed by atoms with E-state index in [9.17, 15) is 4.39 Å². The Bertz CT molecular complexity index is 825. The first-order valence-corrected chi connectivity index (χ1v) is 7.56. The molecule has 0 aliphatic rings. The fourth-order valence-corrected chi connectivity index (χ4v) is 2.71. The molecule has 0 saturated heterocycles. The van der Waals surface area contributed by atoms with Crippen LogP contribution in [-0.4, -0.2) is 35.6 Å². The van der Waals surface area contributed by atoms with Gasteiger partial charge in [-0.25, -0.2) is 9.37 Å². The predicted octanol–water partition coefficient (Wildman–Crippen LogP) is 3.13. The van der Waals surface area contributed by atoms with Gasteiger partial charge in [0.25, 0.3) is 0 Å². The molecule has 3 aromatic rings. The zero-order valence-electron chi connectivity index (χ0n) is 13.5. The lowest BCUT2D eigenvalue weighted by atomic mass is 10.1. The predicted molar refractivity (Wildman–Crippen MR) is 91.5 cm³/mol. The highest BCUT2D eigenvalue weighted by Crippen LogP contribution is 2.22. The van der Waals surface area contributed by atoms with Crippen molar-refractivity contribution in [2.75, 3.05) is 30.9 Å². The monoisotopic (exact) mass is 313 g/mol. The third kappa shape index (κ3) is 3.11. The lowest BCUT2D eigenvalue weighted by Crippen LogP contribution is -2.15. The van der Waals surface area contributed by atoms with Crippen molar-refractivity contribution in [3.8, 4) is 0 Å². The molecule has 0 aliphatic carbocycles. The lowest BCUT2D eigenvalue weighted by Gasteiger charge is -2.13. The molecule has 23 heavy (non-hydrogen) atoms. The SMILES string of the molecule is Cc1[nH]c2ccccc2c1CCNc1ncc(F)c(N(C)C)n1. The van der Waals surface area contributed by atoms with E-state index < -0.39 is 5.82 Å². The number of nitrogens with one attached hydrogen (secondary N) is 2. The molecule has 2 heterocycles. The van der Waals surface area contributed by atoms with Gasteiger partial charge < -0.3 is 15.2 Å². The topological polar surface area (TPSA) is 56.8 Å². The Hall–Kier alpha value is -2.63. The van der Waals surface area contributed by atoms with Gasteiger partial charge in [-0.05, 0) is 25.0 Å². The van der Waals surface area contributed by atoms with E-state index in [1.165, 1.54) is 22.8 Å². The first kappa shape index (κ1) is 15.3. The minimum atomic E-state index is -0.423. The van der Waals surface area contributed by atoms with E-state index in [1.807, 2.05) is 12.1 Å². The molecule has 0 saturated carbocycles. The summed E-state index contributed by atoms with van der Waals surface area (Å²) in [6, 6.07) is 8.26. The maximum atomic E-state index is 13.6. The van der Waals surface area contributed by atoms with Crippen LogP contribution in [0.15, 0.2) is 30.5 Å². The molecule has 0 fully saturated rings. The van der Waals surface area contributed by atoms with Crippen LogP contribution >= 0.6 is 0 Å². The summed E-state index contributed by atoms with van der Waals surface area (Å²) in [5.74, 6) is 0.298. The van der Waals surface area contributed by atoms with E-state index in [0.29, 0.717) is 12.5 Å². The Balaban J connectivity index is 1.72. The van der Waals surface area contributed by atoms with Gasteiger partial charge in [0.2, 0.25) is 5.95 Å². The average Bonchev–Trinajstić information content (AvgIpc) is 2.84. The number of para-hydroxylation sites is 1. The first-order valence-electron chi connectivity index (χ1n) is 7.56. The molecule has 2 aromatic heterocycles. The van der Waals surface area contributed by atoms with E-state index in [4.69, 9.17) is 0 Å². The van der Waals surface area contributed by atoms with E-state index in [0.717, 1.165) is 11.9 Å². The summed E-state index contributed by atoms with van der Waals surface area (Å²) < 4.78 is 13.6. The second kappa shape index (κ2) is 6.24. The number of nitrogens with zero attached hydrogens (tertiary/aromatic N) is 3. The largest absolute Gasteiger partial charge is 0.360 e. The maximum Gasteiger partial charge on any atom is 0.224 e. The fourth-order valence-electron chi connectivity index (χ4n) is 2.71. The summed E-state index contributed by atoms with van der Waals surface area (Å²) in [7, 11) is 3.51. The summed E-state index contributed by atoms with van der Waals surface area (Å²) in [5.41, 5.74) is 3.60. The van der Waals surface area contributed by atoms with E-state index in [-0.39, 0.29) is 5.82 Å². The van der Waals surface area contributed by atoms with Crippen LogP contribution in [-0.2, 0) is 6.42 Å². The Kier molecular flexibility index (Phi) is 4.14. The average molecular weight is 313 g/mol. The van der Waals surface area contributed by atoms with Gasteiger partial charge in [-0.2, -0.15) is 4.98 Å². The number of hydrogen-bond acceptors (Lipinski definition) is 4. The summed E-state index contributed by atoms with van der Waals surface area (Å²) >= 11 is 0. The minimum absolute atomic E-state index is 0.283. The number of halogens is 1. The van der Waals surface area contributed by atoms with Crippen LogP contribution in [0.3, 0.4) is 0 Å². The number of fused-ring (bicyclic) bond motifs is 1. The standard InChI is InChI=1S/C17H20FN5/c1-11-12(13-6-4-5-7-15(13)21-11)8-9-19-17-20-10-14(18)16(22-17)23(2)3/h4-7,10,21H,8-9H2,1-3H3,(H,19,20,22). The second-order valence-corrected chi connectivity index (χ2v) is 5.71. The van der Waals surface area contributed by atoms with Gasteiger partial charge in [-0.15, -0.1) is 0 Å². The van der Waals surface area contributed by atoms with Crippen LogP contribution in [0.5, 0.6) is 0 Å². The first-order chi connectivity index (χ1) is 11.1. The fraction of sp³-hybridized carbons (Fsp3) is 0.294. The molecule has 5 nitrogen and oxygen atoms in total.